The molecule has 2 heterocycles. The van der Waals surface area contributed by atoms with Crippen molar-refractivity contribution < 1.29 is 23.5 Å². The van der Waals surface area contributed by atoms with Crippen molar-refractivity contribution in [3.63, 3.8) is 0 Å². The number of benzene rings is 1. The fourth-order valence-electron chi connectivity index (χ4n) is 3.75. The van der Waals surface area contributed by atoms with Crippen molar-refractivity contribution in [2.45, 2.75) is 25.4 Å². The summed E-state index contributed by atoms with van der Waals surface area (Å²) in [6.45, 7) is 3.35. The molecule has 4 atom stereocenters. The molecule has 2 aliphatic heterocycles. The number of rotatable bonds is 3. The number of carbonyl (C=O) groups is 3. The minimum Gasteiger partial charge on any atom is -0.465 e. The Labute approximate surface area is 139 Å². The molecule has 0 radical (unpaired) electrons. The van der Waals surface area contributed by atoms with Gasteiger partial charge in [-0.2, -0.15) is 0 Å². The molecule has 2 amide bonds. The molecule has 1 N–H and O–H groups in total. The number of ether oxygens (including phenoxy) is 1. The van der Waals surface area contributed by atoms with Crippen molar-refractivity contribution in [2.75, 3.05) is 13.7 Å². The van der Waals surface area contributed by atoms with E-state index in [4.69, 9.17) is 4.74 Å². The number of imide groups is 1. The van der Waals surface area contributed by atoms with Crippen LogP contribution in [0.4, 0.5) is 4.39 Å². The van der Waals surface area contributed by atoms with Gasteiger partial charge >= 0.3 is 5.97 Å². The predicted molar refractivity (Wildman–Crippen MR) is 82.1 cm³/mol. The number of nitrogens with one attached hydrogen (secondary N) is 1. The Balaban J connectivity index is 2.10. The summed E-state index contributed by atoms with van der Waals surface area (Å²) < 4.78 is 19.3. The van der Waals surface area contributed by atoms with E-state index in [0.29, 0.717) is 0 Å². The number of hydrogen-bond acceptors (Lipinski definition) is 5. The second-order valence-electron chi connectivity index (χ2n) is 6.31. The highest BCUT2D eigenvalue weighted by Crippen LogP contribution is 2.48. The van der Waals surface area contributed by atoms with Crippen LogP contribution in [-0.2, 0) is 19.1 Å². The highest BCUT2D eigenvalue weighted by molar-refractivity contribution is 6.09. The first-order valence-electron chi connectivity index (χ1n) is 7.83. The second kappa shape index (κ2) is 5.66. The molecule has 0 aromatic heterocycles. The molecule has 0 aliphatic carbocycles. The predicted octanol–water partition coefficient (Wildman–Crippen LogP) is 1.02. The van der Waals surface area contributed by atoms with Gasteiger partial charge in [-0.15, -0.1) is 0 Å². The van der Waals surface area contributed by atoms with Gasteiger partial charge in [0.15, 0.2) is 0 Å². The zero-order valence-electron chi connectivity index (χ0n) is 13.7. The Morgan fingerprint density at radius 1 is 1.33 bits per heavy atom. The fraction of sp³-hybridized carbons (Fsp3) is 0.471. The molecular formula is C17H19FN2O4. The first-order valence-corrected chi connectivity index (χ1v) is 7.83. The molecule has 24 heavy (non-hydrogen) atoms. The Morgan fingerprint density at radius 3 is 2.62 bits per heavy atom. The first kappa shape index (κ1) is 16.6. The largest absolute Gasteiger partial charge is 0.465 e. The van der Waals surface area contributed by atoms with Gasteiger partial charge in [0.2, 0.25) is 11.8 Å². The number of hydrogen-bond donors (Lipinski definition) is 1. The zero-order valence-corrected chi connectivity index (χ0v) is 13.7. The molecule has 128 valence electrons. The monoisotopic (exact) mass is 334 g/mol. The highest BCUT2D eigenvalue weighted by Gasteiger charge is 2.66. The third kappa shape index (κ3) is 2.15. The summed E-state index contributed by atoms with van der Waals surface area (Å²) in [7, 11) is 1.38. The van der Waals surface area contributed by atoms with Gasteiger partial charge in [0, 0.05) is 18.7 Å². The van der Waals surface area contributed by atoms with Crippen molar-refractivity contribution in [3.05, 3.63) is 35.6 Å². The van der Waals surface area contributed by atoms with E-state index in [1.165, 1.54) is 20.0 Å². The minimum absolute atomic E-state index is 0.149. The Bertz CT molecular complexity index is 722. The summed E-state index contributed by atoms with van der Waals surface area (Å²) in [5.41, 5.74) is -1.12. The number of likely N-dealkylation sites (tertiary alicyclic amines) is 1. The van der Waals surface area contributed by atoms with Crippen LogP contribution < -0.4 is 5.32 Å². The van der Waals surface area contributed by atoms with Crippen LogP contribution in [-0.4, -0.2) is 41.9 Å². The lowest BCUT2D eigenvalue weighted by atomic mass is 9.80. The molecule has 3 rings (SSSR count). The summed E-state index contributed by atoms with van der Waals surface area (Å²) in [5.74, 6) is -3.73. The lowest BCUT2D eigenvalue weighted by molar-refractivity contribution is -0.155. The van der Waals surface area contributed by atoms with Gasteiger partial charge in [0.05, 0.1) is 18.4 Å². The van der Waals surface area contributed by atoms with Crippen LogP contribution in [0.5, 0.6) is 0 Å². The summed E-state index contributed by atoms with van der Waals surface area (Å²) in [6, 6.07) is 5.27. The van der Waals surface area contributed by atoms with Crippen LogP contribution in [0.1, 0.15) is 25.5 Å². The quantitative estimate of drug-likeness (QED) is 0.660. The molecule has 6 nitrogen and oxygen atoms in total. The van der Waals surface area contributed by atoms with Gasteiger partial charge in [-0.1, -0.05) is 18.2 Å². The lowest BCUT2D eigenvalue weighted by Gasteiger charge is -2.28. The number of halogens is 1. The van der Waals surface area contributed by atoms with Gasteiger partial charge in [-0.05, 0) is 19.9 Å². The fourth-order valence-corrected chi connectivity index (χ4v) is 3.75. The van der Waals surface area contributed by atoms with Gasteiger partial charge in [-0.3, -0.25) is 24.6 Å². The van der Waals surface area contributed by atoms with Crippen molar-refractivity contribution in [2.24, 2.45) is 11.8 Å². The first-order chi connectivity index (χ1) is 11.3. The molecular weight excluding hydrogens is 315 g/mol. The van der Waals surface area contributed by atoms with Crippen molar-refractivity contribution in [1.29, 1.82) is 0 Å². The molecule has 0 unspecified atom stereocenters. The summed E-state index contributed by atoms with van der Waals surface area (Å²) in [5, 5.41) is 3.01. The molecule has 2 saturated heterocycles. The lowest BCUT2D eigenvalue weighted by Crippen LogP contribution is -2.53. The van der Waals surface area contributed by atoms with Gasteiger partial charge in [0.25, 0.3) is 0 Å². The Kier molecular flexibility index (Phi) is 3.91. The number of carbonyl (C=O) groups excluding carboxylic acids is 3. The van der Waals surface area contributed by atoms with Crippen LogP contribution >= 0.6 is 0 Å². The van der Waals surface area contributed by atoms with E-state index in [9.17, 15) is 18.8 Å². The molecule has 2 fully saturated rings. The van der Waals surface area contributed by atoms with E-state index in [-0.39, 0.29) is 12.2 Å². The van der Waals surface area contributed by atoms with Crippen LogP contribution in [0.3, 0.4) is 0 Å². The summed E-state index contributed by atoms with van der Waals surface area (Å²) >= 11 is 0. The molecule has 7 heteroatoms. The van der Waals surface area contributed by atoms with Gasteiger partial charge in [-0.25, -0.2) is 4.39 Å². The average molecular weight is 334 g/mol. The maximum absolute atomic E-state index is 14.3. The van der Waals surface area contributed by atoms with Crippen LogP contribution in [0.15, 0.2) is 24.3 Å². The molecule has 0 bridgehead atoms. The van der Waals surface area contributed by atoms with Gasteiger partial charge < -0.3 is 4.74 Å². The van der Waals surface area contributed by atoms with Crippen LogP contribution in [0.25, 0.3) is 0 Å². The van der Waals surface area contributed by atoms with E-state index in [1.54, 1.807) is 25.1 Å². The second-order valence-corrected chi connectivity index (χ2v) is 6.31. The van der Waals surface area contributed by atoms with Crippen molar-refractivity contribution in [3.8, 4) is 0 Å². The SMILES string of the molecule is CCOC(=O)[C@@]1(C)N[C@@H](c2ccccc2F)[C@H]2C(=O)N(C)C(=O)[C@H]21. The average Bonchev–Trinajstić information content (AvgIpc) is 2.98. The highest BCUT2D eigenvalue weighted by atomic mass is 19.1. The van der Waals surface area contributed by atoms with Gasteiger partial charge in [0.1, 0.15) is 11.4 Å². The van der Waals surface area contributed by atoms with Crippen LogP contribution in [0, 0.1) is 17.7 Å². The van der Waals surface area contributed by atoms with Crippen LogP contribution in [0.2, 0.25) is 0 Å². The topological polar surface area (TPSA) is 75.7 Å². The smallest absolute Gasteiger partial charge is 0.326 e. The van der Waals surface area contributed by atoms with E-state index >= 15 is 0 Å². The number of esters is 1. The number of fused-ring (bicyclic) bond motifs is 1. The zero-order chi connectivity index (χ0) is 17.6. The van der Waals surface area contributed by atoms with E-state index < -0.39 is 47.0 Å². The maximum atomic E-state index is 14.3. The molecule has 1 aromatic carbocycles. The number of nitrogens with zero attached hydrogens (tertiary/aromatic N) is 1. The number of amides is 2. The Hall–Kier alpha value is -2.28. The van der Waals surface area contributed by atoms with E-state index in [0.717, 1.165) is 4.90 Å². The van der Waals surface area contributed by atoms with Crippen molar-refractivity contribution in [1.82, 2.24) is 10.2 Å². The summed E-state index contributed by atoms with van der Waals surface area (Å²) in [6.07, 6.45) is 0. The van der Waals surface area contributed by atoms with Crippen molar-refractivity contribution >= 4 is 17.8 Å². The molecule has 2 aliphatic rings. The maximum Gasteiger partial charge on any atom is 0.326 e. The van der Waals surface area contributed by atoms with E-state index in [1.807, 2.05) is 0 Å². The third-order valence-electron chi connectivity index (χ3n) is 4.95. The summed E-state index contributed by atoms with van der Waals surface area (Å²) in [4.78, 5) is 38.6. The Morgan fingerprint density at radius 2 is 2.00 bits per heavy atom. The molecule has 1 aromatic rings. The molecule has 0 saturated carbocycles. The minimum atomic E-state index is -1.38. The molecule has 0 spiro atoms. The standard InChI is InChI=1S/C17H19FN2O4/c1-4-24-16(23)17(2)12-11(14(21)20(3)15(12)22)13(19-17)9-7-5-6-8-10(9)18/h5-8,11-13,19H,4H2,1-3H3/t11-,12-,13-,17-/m0/s1. The van der Waals surface area contributed by atoms with E-state index in [2.05, 4.69) is 5.32 Å². The third-order valence-corrected chi connectivity index (χ3v) is 4.95. The normalized spacial score (nSPS) is 32.2.